The van der Waals surface area contributed by atoms with Crippen molar-refractivity contribution >= 4 is 71.6 Å². The zero-order valence-electron chi connectivity index (χ0n) is 54.3. The molecule has 0 radical (unpaired) electrons. The van der Waals surface area contributed by atoms with Gasteiger partial charge in [-0.1, -0.05) is 121 Å². The van der Waals surface area contributed by atoms with Crippen LogP contribution in [-0.4, -0.2) is 4.57 Å². The van der Waals surface area contributed by atoms with Gasteiger partial charge in [-0.2, -0.15) is 0 Å². The summed E-state index contributed by atoms with van der Waals surface area (Å²) in [5.41, 5.74) is -8.64. The molecule has 0 amide bonds. The van der Waals surface area contributed by atoms with E-state index in [1.54, 1.807) is 0 Å². The van der Waals surface area contributed by atoms with Gasteiger partial charge in [-0.05, 0) is 71.6 Å². The largest absolute Gasteiger partial charge is 0.455 e. The van der Waals surface area contributed by atoms with Crippen molar-refractivity contribution in [3.63, 3.8) is 0 Å². The van der Waals surface area contributed by atoms with Gasteiger partial charge >= 0.3 is 0 Å². The highest BCUT2D eigenvalue weighted by molar-refractivity contribution is 6.19. The molecule has 10 aromatic rings. The summed E-state index contributed by atoms with van der Waals surface area (Å²) in [6.07, 6.45) is 0. The summed E-state index contributed by atoms with van der Waals surface area (Å²) >= 11 is 0. The second-order valence-corrected chi connectivity index (χ2v) is 10.3. The fraction of sp³-hybridized carbons (Fsp3) is 0. The number of rotatable bonds is 5. The van der Waals surface area contributed by atoms with Gasteiger partial charge in [-0.25, -0.2) is 0 Å². The third-order valence-electron chi connectivity index (χ3n) is 7.62. The van der Waals surface area contributed by atoms with Crippen LogP contribution in [0.1, 0.15) is 41.1 Å². The Morgan fingerprint density at radius 2 is 0.939 bits per heavy atom. The van der Waals surface area contributed by atoms with E-state index in [0.717, 1.165) is 0 Å². The molecule has 10 rings (SSSR count). The Bertz CT molecular complexity index is 4400. The lowest BCUT2D eigenvalue weighted by atomic mass is 10.0. The Balaban J connectivity index is 1.48. The highest BCUT2D eigenvalue weighted by Gasteiger charge is 2.21. The van der Waals surface area contributed by atoms with Crippen molar-refractivity contribution in [3.05, 3.63) is 181 Å². The fourth-order valence-corrected chi connectivity index (χ4v) is 5.54. The van der Waals surface area contributed by atoms with Crippen LogP contribution in [0.15, 0.2) is 186 Å². The van der Waals surface area contributed by atoms with Crippen LogP contribution in [0, 0.1) is 0 Å². The van der Waals surface area contributed by atoms with Gasteiger partial charge in [0.1, 0.15) is 11.2 Å². The molecule has 3 nitrogen and oxygen atoms in total. The Morgan fingerprint density at radius 3 is 1.61 bits per heavy atom. The molecule has 0 fully saturated rings. The van der Waals surface area contributed by atoms with Gasteiger partial charge in [0.2, 0.25) is 0 Å². The van der Waals surface area contributed by atoms with E-state index in [9.17, 15) is 15.1 Å². The summed E-state index contributed by atoms with van der Waals surface area (Å²) in [5, 5.41) is -3.82. The van der Waals surface area contributed by atoms with Crippen molar-refractivity contribution < 1.29 is 45.5 Å². The molecule has 49 heavy (non-hydrogen) atoms. The summed E-state index contributed by atoms with van der Waals surface area (Å²) in [6, 6.07) is -30.3. The fourth-order valence-electron chi connectivity index (χ4n) is 5.54. The van der Waals surface area contributed by atoms with Crippen LogP contribution in [-0.2, 0) is 0 Å². The summed E-state index contributed by atoms with van der Waals surface area (Å²) in [5.74, 6) is 0. The molecule has 0 aliphatic heterocycles. The minimum atomic E-state index is -1.30. The third kappa shape index (κ3) is 4.37. The molecule has 0 aliphatic carbocycles. The monoisotopic (exact) mass is 656 g/mol. The van der Waals surface area contributed by atoms with E-state index in [-0.39, 0.29) is 0 Å². The molecule has 0 spiro atoms. The first-order chi connectivity index (χ1) is 36.8. The zero-order valence-corrected chi connectivity index (χ0v) is 24.3. The number of aromatic nitrogens is 1. The molecule has 0 bridgehead atoms. The van der Waals surface area contributed by atoms with Crippen molar-refractivity contribution in [2.24, 2.45) is 0 Å². The first-order valence-corrected chi connectivity index (χ1v) is 14.2. The van der Waals surface area contributed by atoms with Crippen molar-refractivity contribution in [1.82, 2.24) is 4.57 Å². The van der Waals surface area contributed by atoms with E-state index in [2.05, 4.69) is 0 Å². The van der Waals surface area contributed by atoms with E-state index >= 15 is 0 Å². The molecule has 230 valence electrons. The van der Waals surface area contributed by atoms with Gasteiger partial charge in [0.05, 0.1) is 57.8 Å². The van der Waals surface area contributed by atoms with E-state index < -0.39 is 270 Å². The molecule has 0 atom stereocenters. The molecular weight excluding hydrogens is 597 g/mol. The summed E-state index contributed by atoms with van der Waals surface area (Å²) in [4.78, 5) is 0.399. The Hall–Kier alpha value is -6.58. The number of hydrogen-bond donors (Lipinski definition) is 0. The first-order valence-electron chi connectivity index (χ1n) is 29.2. The van der Waals surface area contributed by atoms with Crippen LogP contribution in [0.4, 0.5) is 17.1 Å². The zero-order chi connectivity index (χ0) is 58.4. The predicted molar refractivity (Wildman–Crippen MR) is 206 cm³/mol. The summed E-state index contributed by atoms with van der Waals surface area (Å²) < 4.78 is 276. The molecule has 2 aromatic heterocycles. The van der Waals surface area contributed by atoms with Crippen LogP contribution >= 0.6 is 0 Å². The Kier molecular flexibility index (Phi) is 2.47. The van der Waals surface area contributed by atoms with E-state index in [0.29, 0.717) is 9.47 Å². The van der Waals surface area contributed by atoms with Crippen LogP contribution < -0.4 is 4.90 Å². The molecule has 0 saturated heterocycles. The average Bonchev–Trinajstić information content (AvgIpc) is 3.54. The molecule has 0 unspecified atom stereocenters. The maximum absolute atomic E-state index is 10.0. The topological polar surface area (TPSA) is 21.3 Å². The summed E-state index contributed by atoms with van der Waals surface area (Å²) in [6.45, 7) is 0. The molecule has 0 aliphatic rings. The maximum atomic E-state index is 10.0. The number of nitrogens with zero attached hydrogens (tertiary/aromatic N) is 2. The van der Waals surface area contributed by atoms with Crippen LogP contribution in [0.2, 0.25) is 0 Å². The number of para-hydroxylation sites is 3. The second kappa shape index (κ2) is 11.0. The first kappa shape index (κ1) is 11.0. The summed E-state index contributed by atoms with van der Waals surface area (Å²) in [7, 11) is 0. The van der Waals surface area contributed by atoms with E-state index in [4.69, 9.17) is 30.5 Å². The van der Waals surface area contributed by atoms with Gasteiger partial charge in [0, 0.05) is 49.4 Å². The van der Waals surface area contributed by atoms with Crippen molar-refractivity contribution in [2.45, 2.75) is 0 Å². The molecule has 3 heteroatoms. The highest BCUT2D eigenvalue weighted by atomic mass is 16.3. The third-order valence-corrected chi connectivity index (χ3v) is 7.62. The van der Waals surface area contributed by atoms with E-state index in [1.807, 2.05) is 0 Å². The number of hydrogen-bond acceptors (Lipinski definition) is 2. The smallest absolute Gasteiger partial charge is 0.143 e. The van der Waals surface area contributed by atoms with Gasteiger partial charge in [-0.3, -0.25) is 0 Å². The minimum absolute atomic E-state index is 0.399. The Labute approximate surface area is 325 Å². The number of furan rings is 1. The van der Waals surface area contributed by atoms with Gasteiger partial charge < -0.3 is 13.9 Å². The number of anilines is 3. The van der Waals surface area contributed by atoms with Crippen LogP contribution in [0.25, 0.3) is 71.3 Å². The molecular formula is C46H30N2O. The lowest BCUT2D eigenvalue weighted by Crippen LogP contribution is -2.11. The SMILES string of the molecule is [2H]c1c([2H])c([2H])c(-c2c([2H])c([2H])c(N(c3c([2H])c([2H])c(-n4c5c([2H])c([2H])c([2H])c([2H])c5c5c([2H])c([2H])c([2H])c([2H])c54)c([2H])c3[2H])c3c([2H])c4c(oc5c([2H])c([2H])c([2H])c([2H])c54)c4c([2H])c([2H])c([2H])c([2H])c34)c([2H])c2[2H])c([2H])c1[2H]. The lowest BCUT2D eigenvalue weighted by molar-refractivity contribution is 0.672. The van der Waals surface area contributed by atoms with Crippen molar-refractivity contribution in [2.75, 3.05) is 4.90 Å². The predicted octanol–water partition coefficient (Wildman–Crippen LogP) is 13.0. The maximum Gasteiger partial charge on any atom is 0.143 e. The molecule has 0 N–H and O–H groups in total. The number of fused-ring (bicyclic) bond motifs is 8. The molecule has 2 heterocycles. The van der Waals surface area contributed by atoms with Gasteiger partial charge in [0.15, 0.2) is 0 Å². The quantitative estimate of drug-likeness (QED) is 0.184. The van der Waals surface area contributed by atoms with E-state index in [1.165, 1.54) is 0 Å². The highest BCUT2D eigenvalue weighted by Crippen LogP contribution is 2.45. The van der Waals surface area contributed by atoms with Gasteiger partial charge in [-0.15, -0.1) is 0 Å². The second-order valence-electron chi connectivity index (χ2n) is 10.3. The van der Waals surface area contributed by atoms with Crippen LogP contribution in [0.5, 0.6) is 0 Å². The normalized spacial score (nSPS) is 20.2. The van der Waals surface area contributed by atoms with Crippen molar-refractivity contribution in [1.29, 1.82) is 0 Å². The number of benzene rings is 8. The van der Waals surface area contributed by atoms with Gasteiger partial charge in [0.25, 0.3) is 0 Å². The molecule has 8 aromatic carbocycles. The van der Waals surface area contributed by atoms with Crippen LogP contribution in [0.3, 0.4) is 0 Å². The molecule has 0 saturated carbocycles. The van der Waals surface area contributed by atoms with Crippen molar-refractivity contribution in [3.8, 4) is 16.8 Å². The minimum Gasteiger partial charge on any atom is -0.455 e. The average molecular weight is 657 g/mol. The Morgan fingerprint density at radius 1 is 0.429 bits per heavy atom. The standard InChI is InChI=1S/C46H30N2O/c1-2-12-31(13-3-1)32-22-24-33(25-23-32)47(44-30-41-39-17-8-11-21-45(39)49-46(41)40-18-5-4-16-38(40)44)34-26-28-35(29-27-34)48-42-19-9-6-14-36(42)37-15-7-10-20-43(37)48/h1-30H/i1D,2D,3D,4D,5D,6D,7D,8D,9D,10D,11D,12D,13D,14D,15D,16D,17D,18D,19D,20D,21D,22D,23D,24D,25D,26D,27D,28D,29D,30D. The lowest BCUT2D eigenvalue weighted by Gasteiger charge is -2.27.